The zero-order valence-corrected chi connectivity index (χ0v) is 11.1. The van der Waals surface area contributed by atoms with E-state index in [0.29, 0.717) is 12.0 Å². The van der Waals surface area contributed by atoms with Crippen LogP contribution < -0.4 is 5.32 Å². The van der Waals surface area contributed by atoms with Crippen LogP contribution in [0.5, 0.6) is 0 Å². The van der Waals surface area contributed by atoms with Gasteiger partial charge in [0, 0.05) is 11.7 Å². The molecule has 1 aromatic carbocycles. The van der Waals surface area contributed by atoms with Gasteiger partial charge in [-0.2, -0.15) is 0 Å². The Morgan fingerprint density at radius 3 is 2.19 bits per heavy atom. The molecule has 16 heavy (non-hydrogen) atoms. The van der Waals surface area contributed by atoms with E-state index in [1.165, 1.54) is 30.5 Å². The van der Waals surface area contributed by atoms with Crippen molar-refractivity contribution >= 4 is 5.69 Å². The highest BCUT2D eigenvalue weighted by Gasteiger charge is 2.03. The number of anilines is 1. The number of benzene rings is 1. The van der Waals surface area contributed by atoms with E-state index in [1.807, 2.05) is 0 Å². The molecule has 1 N–H and O–H groups in total. The second-order valence-corrected chi connectivity index (χ2v) is 4.77. The van der Waals surface area contributed by atoms with Gasteiger partial charge in [-0.3, -0.25) is 0 Å². The summed E-state index contributed by atoms with van der Waals surface area (Å²) in [5.41, 5.74) is 2.68. The van der Waals surface area contributed by atoms with E-state index in [4.69, 9.17) is 0 Å². The van der Waals surface area contributed by atoms with E-state index in [2.05, 4.69) is 57.3 Å². The number of hydrogen-bond donors (Lipinski definition) is 1. The molecule has 0 fully saturated rings. The molecule has 90 valence electrons. The number of rotatable bonds is 6. The fourth-order valence-electron chi connectivity index (χ4n) is 1.93. The van der Waals surface area contributed by atoms with E-state index < -0.39 is 0 Å². The molecule has 1 heteroatoms. The van der Waals surface area contributed by atoms with Gasteiger partial charge in [0.05, 0.1) is 0 Å². The van der Waals surface area contributed by atoms with Crippen molar-refractivity contribution in [2.24, 2.45) is 0 Å². The third kappa shape index (κ3) is 3.88. The molecule has 0 aliphatic carbocycles. The van der Waals surface area contributed by atoms with E-state index in [-0.39, 0.29) is 0 Å². The van der Waals surface area contributed by atoms with Gasteiger partial charge in [0.25, 0.3) is 0 Å². The Bertz CT molecular complexity index is 289. The lowest BCUT2D eigenvalue weighted by Gasteiger charge is -2.15. The first-order chi connectivity index (χ1) is 7.67. The second-order valence-electron chi connectivity index (χ2n) is 4.77. The zero-order chi connectivity index (χ0) is 12.0. The van der Waals surface area contributed by atoms with Gasteiger partial charge in [-0.05, 0) is 43.4 Å². The molecule has 2 atom stereocenters. The van der Waals surface area contributed by atoms with Gasteiger partial charge in [0.2, 0.25) is 0 Å². The van der Waals surface area contributed by atoms with Crippen molar-refractivity contribution in [2.75, 3.05) is 5.32 Å². The molecule has 0 heterocycles. The Morgan fingerprint density at radius 1 is 1.06 bits per heavy atom. The quantitative estimate of drug-likeness (QED) is 0.724. The van der Waals surface area contributed by atoms with Crippen LogP contribution in [0.2, 0.25) is 0 Å². The lowest BCUT2D eigenvalue weighted by Crippen LogP contribution is -2.14. The summed E-state index contributed by atoms with van der Waals surface area (Å²) in [6.45, 7) is 8.98. The van der Waals surface area contributed by atoms with Gasteiger partial charge in [0.1, 0.15) is 0 Å². The molecule has 0 aliphatic heterocycles. The largest absolute Gasteiger partial charge is 0.383 e. The molecule has 0 bridgehead atoms. The molecule has 0 saturated carbocycles. The Labute approximate surface area is 100 Å². The number of nitrogens with one attached hydrogen (secondary N) is 1. The first-order valence-electron chi connectivity index (χ1n) is 6.53. The summed E-state index contributed by atoms with van der Waals surface area (Å²) < 4.78 is 0. The lowest BCUT2D eigenvalue weighted by atomic mass is 9.98. The van der Waals surface area contributed by atoms with Crippen molar-refractivity contribution in [3.8, 4) is 0 Å². The summed E-state index contributed by atoms with van der Waals surface area (Å²) in [6.07, 6.45) is 3.67. The Morgan fingerprint density at radius 2 is 1.69 bits per heavy atom. The van der Waals surface area contributed by atoms with Crippen LogP contribution >= 0.6 is 0 Å². The summed E-state index contributed by atoms with van der Waals surface area (Å²) in [6, 6.07) is 9.46. The molecule has 1 rings (SSSR count). The Kier molecular flexibility index (Phi) is 5.37. The van der Waals surface area contributed by atoms with Gasteiger partial charge in [-0.1, -0.05) is 39.3 Å². The highest BCUT2D eigenvalue weighted by molar-refractivity contribution is 5.45. The van der Waals surface area contributed by atoms with Crippen LogP contribution in [0, 0.1) is 0 Å². The average molecular weight is 219 g/mol. The molecule has 2 unspecified atom stereocenters. The van der Waals surface area contributed by atoms with E-state index in [1.54, 1.807) is 0 Å². The standard InChI is InChI=1S/C15H25N/c1-5-7-13(4)16-15-10-8-14(9-11-15)12(3)6-2/h8-13,16H,5-7H2,1-4H3. The third-order valence-electron chi connectivity index (χ3n) is 3.23. The molecular weight excluding hydrogens is 194 g/mol. The fraction of sp³-hybridized carbons (Fsp3) is 0.600. The first-order valence-corrected chi connectivity index (χ1v) is 6.53. The Hall–Kier alpha value is -0.980. The van der Waals surface area contributed by atoms with Crippen LogP contribution in [0.4, 0.5) is 5.69 Å². The summed E-state index contributed by atoms with van der Waals surface area (Å²) in [5.74, 6) is 0.669. The maximum atomic E-state index is 3.53. The average Bonchev–Trinajstić information content (AvgIpc) is 2.29. The second kappa shape index (κ2) is 6.57. The maximum absolute atomic E-state index is 3.53. The minimum Gasteiger partial charge on any atom is -0.383 e. The molecule has 0 spiro atoms. The van der Waals surface area contributed by atoms with Crippen molar-refractivity contribution in [1.29, 1.82) is 0 Å². The van der Waals surface area contributed by atoms with Gasteiger partial charge < -0.3 is 5.32 Å². The molecule has 1 aromatic rings. The normalized spacial score (nSPS) is 14.5. The third-order valence-corrected chi connectivity index (χ3v) is 3.23. The summed E-state index contributed by atoms with van der Waals surface area (Å²) >= 11 is 0. The highest BCUT2D eigenvalue weighted by Crippen LogP contribution is 2.21. The molecular formula is C15H25N. The van der Waals surface area contributed by atoms with Crippen LogP contribution in [-0.2, 0) is 0 Å². The van der Waals surface area contributed by atoms with E-state index in [0.717, 1.165) is 0 Å². The Balaban J connectivity index is 2.57. The van der Waals surface area contributed by atoms with Gasteiger partial charge in [-0.25, -0.2) is 0 Å². The van der Waals surface area contributed by atoms with Crippen LogP contribution in [0.1, 0.15) is 58.4 Å². The van der Waals surface area contributed by atoms with Crippen LogP contribution in [0.15, 0.2) is 24.3 Å². The monoisotopic (exact) mass is 219 g/mol. The van der Waals surface area contributed by atoms with Crippen LogP contribution in [0.3, 0.4) is 0 Å². The molecule has 0 saturated heterocycles. The minimum absolute atomic E-state index is 0.569. The van der Waals surface area contributed by atoms with Gasteiger partial charge in [-0.15, -0.1) is 0 Å². The molecule has 0 aromatic heterocycles. The van der Waals surface area contributed by atoms with Gasteiger partial charge in [0.15, 0.2) is 0 Å². The predicted molar refractivity (Wildman–Crippen MR) is 73.1 cm³/mol. The summed E-state index contributed by atoms with van der Waals surface area (Å²) in [5, 5.41) is 3.53. The molecule has 0 aliphatic rings. The predicted octanol–water partition coefficient (Wildman–Crippen LogP) is 4.80. The highest BCUT2D eigenvalue weighted by atomic mass is 14.9. The van der Waals surface area contributed by atoms with E-state index in [9.17, 15) is 0 Å². The first kappa shape index (κ1) is 13.1. The van der Waals surface area contributed by atoms with Crippen LogP contribution in [-0.4, -0.2) is 6.04 Å². The molecule has 0 radical (unpaired) electrons. The lowest BCUT2D eigenvalue weighted by molar-refractivity contribution is 0.690. The summed E-state index contributed by atoms with van der Waals surface area (Å²) in [7, 11) is 0. The van der Waals surface area contributed by atoms with Crippen molar-refractivity contribution < 1.29 is 0 Å². The topological polar surface area (TPSA) is 12.0 Å². The SMILES string of the molecule is CCCC(C)Nc1ccc(C(C)CC)cc1. The fourth-order valence-corrected chi connectivity index (χ4v) is 1.93. The smallest absolute Gasteiger partial charge is 0.0342 e. The minimum atomic E-state index is 0.569. The van der Waals surface area contributed by atoms with Crippen LogP contribution in [0.25, 0.3) is 0 Å². The zero-order valence-electron chi connectivity index (χ0n) is 11.1. The van der Waals surface area contributed by atoms with Crippen molar-refractivity contribution in [2.45, 2.75) is 58.9 Å². The molecule has 0 amide bonds. The van der Waals surface area contributed by atoms with E-state index >= 15 is 0 Å². The van der Waals surface area contributed by atoms with Crippen molar-refractivity contribution in [3.05, 3.63) is 29.8 Å². The number of hydrogen-bond acceptors (Lipinski definition) is 1. The van der Waals surface area contributed by atoms with Gasteiger partial charge >= 0.3 is 0 Å². The van der Waals surface area contributed by atoms with Crippen molar-refractivity contribution in [1.82, 2.24) is 0 Å². The molecule has 1 nitrogen and oxygen atoms in total. The summed E-state index contributed by atoms with van der Waals surface area (Å²) in [4.78, 5) is 0. The van der Waals surface area contributed by atoms with Crippen molar-refractivity contribution in [3.63, 3.8) is 0 Å². The maximum Gasteiger partial charge on any atom is 0.0342 e.